The average Bonchev–Trinajstić information content (AvgIpc) is 2.39. The summed E-state index contributed by atoms with van der Waals surface area (Å²) < 4.78 is 0. The van der Waals surface area contributed by atoms with E-state index in [4.69, 9.17) is 5.73 Å². The monoisotopic (exact) mass is 235 g/mol. The second-order valence-corrected chi connectivity index (χ2v) is 4.27. The van der Waals surface area contributed by atoms with Crippen molar-refractivity contribution in [3.8, 4) is 16.9 Å². The number of nitrogen functional groups attached to an aromatic ring is 1. The van der Waals surface area contributed by atoms with Gasteiger partial charge in [0.15, 0.2) is 0 Å². The second-order valence-electron chi connectivity index (χ2n) is 4.27. The van der Waals surface area contributed by atoms with Crippen molar-refractivity contribution in [2.45, 2.75) is 0 Å². The highest BCUT2D eigenvalue weighted by Crippen LogP contribution is 2.38. The lowest BCUT2D eigenvalue weighted by Gasteiger charge is -2.11. The number of hydrogen-bond donors (Lipinski definition) is 2. The normalized spacial score (nSPS) is 10.7. The van der Waals surface area contributed by atoms with Crippen LogP contribution in [0.15, 0.2) is 60.7 Å². The maximum atomic E-state index is 10.0. The molecule has 0 radical (unpaired) electrons. The van der Waals surface area contributed by atoms with Gasteiger partial charge in [0.1, 0.15) is 5.75 Å². The van der Waals surface area contributed by atoms with E-state index in [0.717, 1.165) is 16.3 Å². The predicted octanol–water partition coefficient (Wildman–Crippen LogP) is 3.79. The fraction of sp³-hybridized carbons (Fsp3) is 0. The molecule has 0 fully saturated rings. The minimum atomic E-state index is 0.214. The molecule has 0 amide bonds. The van der Waals surface area contributed by atoms with Gasteiger partial charge in [-0.1, -0.05) is 48.5 Å². The number of nitrogens with two attached hydrogens (primary N) is 1. The Kier molecular flexibility index (Phi) is 2.41. The summed E-state index contributed by atoms with van der Waals surface area (Å²) in [5.74, 6) is 0.214. The SMILES string of the molecule is Nc1cccc(O)c1-c1cccc2ccccc12. The third kappa shape index (κ3) is 1.59. The summed E-state index contributed by atoms with van der Waals surface area (Å²) in [4.78, 5) is 0. The molecule has 0 atom stereocenters. The van der Waals surface area contributed by atoms with E-state index in [0.29, 0.717) is 11.3 Å². The molecule has 3 aromatic carbocycles. The van der Waals surface area contributed by atoms with Gasteiger partial charge in [0.25, 0.3) is 0 Å². The number of aromatic hydroxyl groups is 1. The first-order valence-corrected chi connectivity index (χ1v) is 5.83. The molecule has 0 saturated heterocycles. The minimum absolute atomic E-state index is 0.214. The van der Waals surface area contributed by atoms with Crippen LogP contribution in [0.3, 0.4) is 0 Å². The molecule has 0 unspecified atom stereocenters. The highest BCUT2D eigenvalue weighted by molar-refractivity contribution is 6.00. The Balaban J connectivity index is 2.39. The van der Waals surface area contributed by atoms with Crippen molar-refractivity contribution in [2.75, 3.05) is 5.73 Å². The highest BCUT2D eigenvalue weighted by Gasteiger charge is 2.10. The van der Waals surface area contributed by atoms with Gasteiger partial charge < -0.3 is 10.8 Å². The molecule has 2 nitrogen and oxygen atoms in total. The molecule has 2 heteroatoms. The maximum Gasteiger partial charge on any atom is 0.125 e. The van der Waals surface area contributed by atoms with Gasteiger partial charge in [0.2, 0.25) is 0 Å². The van der Waals surface area contributed by atoms with Crippen LogP contribution in [0.5, 0.6) is 5.75 Å². The summed E-state index contributed by atoms with van der Waals surface area (Å²) in [6, 6.07) is 19.3. The summed E-state index contributed by atoms with van der Waals surface area (Å²) in [5.41, 5.74) is 8.24. The standard InChI is InChI=1S/C16H13NO/c17-14-9-4-10-15(18)16(14)13-8-3-6-11-5-1-2-7-12(11)13/h1-10,18H,17H2. The van der Waals surface area contributed by atoms with Crippen LogP contribution in [0.1, 0.15) is 0 Å². The van der Waals surface area contributed by atoms with E-state index >= 15 is 0 Å². The Bertz CT molecular complexity index is 694. The lowest BCUT2D eigenvalue weighted by molar-refractivity contribution is 0.477. The molecule has 18 heavy (non-hydrogen) atoms. The summed E-state index contributed by atoms with van der Waals surface area (Å²) >= 11 is 0. The molecule has 3 rings (SSSR count). The van der Waals surface area contributed by atoms with Gasteiger partial charge in [-0.05, 0) is 28.5 Å². The van der Waals surface area contributed by atoms with E-state index in [9.17, 15) is 5.11 Å². The Morgan fingerprint density at radius 2 is 1.50 bits per heavy atom. The van der Waals surface area contributed by atoms with E-state index < -0.39 is 0 Å². The minimum Gasteiger partial charge on any atom is -0.507 e. The summed E-state index contributed by atoms with van der Waals surface area (Å²) in [6.45, 7) is 0. The molecule has 0 spiro atoms. The van der Waals surface area contributed by atoms with Crippen molar-refractivity contribution in [1.29, 1.82) is 0 Å². The number of anilines is 1. The molecule has 0 saturated carbocycles. The molecule has 0 aromatic heterocycles. The maximum absolute atomic E-state index is 10.0. The average molecular weight is 235 g/mol. The van der Waals surface area contributed by atoms with Crippen LogP contribution in [-0.4, -0.2) is 5.11 Å². The van der Waals surface area contributed by atoms with Crippen LogP contribution in [-0.2, 0) is 0 Å². The topological polar surface area (TPSA) is 46.2 Å². The van der Waals surface area contributed by atoms with E-state index in [1.165, 1.54) is 0 Å². The Labute approximate surface area is 105 Å². The van der Waals surface area contributed by atoms with E-state index in [1.807, 2.05) is 30.3 Å². The lowest BCUT2D eigenvalue weighted by atomic mass is 9.96. The van der Waals surface area contributed by atoms with Gasteiger partial charge >= 0.3 is 0 Å². The zero-order valence-corrected chi connectivity index (χ0v) is 9.80. The van der Waals surface area contributed by atoms with Crippen molar-refractivity contribution in [1.82, 2.24) is 0 Å². The molecule has 0 heterocycles. The zero-order chi connectivity index (χ0) is 12.5. The fourth-order valence-electron chi connectivity index (χ4n) is 2.29. The molecule has 3 aromatic rings. The van der Waals surface area contributed by atoms with Gasteiger partial charge in [-0.3, -0.25) is 0 Å². The van der Waals surface area contributed by atoms with Gasteiger partial charge in [-0.2, -0.15) is 0 Å². The fourth-order valence-corrected chi connectivity index (χ4v) is 2.29. The van der Waals surface area contributed by atoms with Gasteiger partial charge in [-0.15, -0.1) is 0 Å². The number of benzene rings is 3. The van der Waals surface area contributed by atoms with E-state index in [1.54, 1.807) is 18.2 Å². The van der Waals surface area contributed by atoms with Crippen molar-refractivity contribution >= 4 is 16.5 Å². The first-order chi connectivity index (χ1) is 8.77. The van der Waals surface area contributed by atoms with Gasteiger partial charge in [-0.25, -0.2) is 0 Å². The molecule has 0 aliphatic heterocycles. The largest absolute Gasteiger partial charge is 0.507 e. The molecule has 0 aliphatic carbocycles. The zero-order valence-electron chi connectivity index (χ0n) is 9.80. The van der Waals surface area contributed by atoms with E-state index in [-0.39, 0.29) is 5.75 Å². The van der Waals surface area contributed by atoms with Crippen molar-refractivity contribution < 1.29 is 5.11 Å². The van der Waals surface area contributed by atoms with E-state index in [2.05, 4.69) is 12.1 Å². The number of phenols is 1. The molecule has 3 N–H and O–H groups in total. The van der Waals surface area contributed by atoms with Gasteiger partial charge in [0.05, 0.1) is 0 Å². The smallest absolute Gasteiger partial charge is 0.125 e. The van der Waals surface area contributed by atoms with Crippen LogP contribution in [0, 0.1) is 0 Å². The molecular formula is C16H13NO. The molecule has 0 aliphatic rings. The molecule has 88 valence electrons. The Morgan fingerprint density at radius 3 is 2.33 bits per heavy atom. The number of phenolic OH excluding ortho intramolecular Hbond substituents is 1. The quantitative estimate of drug-likeness (QED) is 0.630. The molecule has 0 bridgehead atoms. The number of hydrogen-bond acceptors (Lipinski definition) is 2. The highest BCUT2D eigenvalue weighted by atomic mass is 16.3. The van der Waals surface area contributed by atoms with Crippen molar-refractivity contribution in [3.63, 3.8) is 0 Å². The first kappa shape index (κ1) is 10.7. The third-order valence-electron chi connectivity index (χ3n) is 3.13. The summed E-state index contributed by atoms with van der Waals surface area (Å²) in [6.07, 6.45) is 0. The third-order valence-corrected chi connectivity index (χ3v) is 3.13. The lowest BCUT2D eigenvalue weighted by Crippen LogP contribution is -1.91. The second kappa shape index (κ2) is 4.08. The molecular weight excluding hydrogens is 222 g/mol. The number of fused-ring (bicyclic) bond motifs is 1. The predicted molar refractivity (Wildman–Crippen MR) is 75.5 cm³/mol. The summed E-state index contributed by atoms with van der Waals surface area (Å²) in [5, 5.41) is 12.3. The van der Waals surface area contributed by atoms with Crippen LogP contribution in [0.25, 0.3) is 21.9 Å². The summed E-state index contributed by atoms with van der Waals surface area (Å²) in [7, 11) is 0. The van der Waals surface area contributed by atoms with Crippen LogP contribution in [0.2, 0.25) is 0 Å². The Hall–Kier alpha value is -2.48. The van der Waals surface area contributed by atoms with Crippen LogP contribution in [0.4, 0.5) is 5.69 Å². The van der Waals surface area contributed by atoms with Gasteiger partial charge in [0, 0.05) is 11.3 Å². The van der Waals surface area contributed by atoms with Crippen molar-refractivity contribution in [3.05, 3.63) is 60.7 Å². The van der Waals surface area contributed by atoms with Crippen LogP contribution < -0.4 is 5.73 Å². The number of rotatable bonds is 1. The van der Waals surface area contributed by atoms with Crippen molar-refractivity contribution in [2.24, 2.45) is 0 Å². The Morgan fingerprint density at radius 1 is 0.778 bits per heavy atom. The van der Waals surface area contributed by atoms with Crippen LogP contribution >= 0.6 is 0 Å². The first-order valence-electron chi connectivity index (χ1n) is 5.83.